The minimum atomic E-state index is -3.49. The number of methoxy groups -OCH3 is 1. The Labute approximate surface area is 197 Å². The molecule has 0 atom stereocenters. The van der Waals surface area contributed by atoms with E-state index in [1.165, 1.54) is 13.2 Å². The fourth-order valence-corrected chi connectivity index (χ4v) is 3.12. The Kier molecular flexibility index (Phi) is 6.57. The predicted molar refractivity (Wildman–Crippen MR) is 118 cm³/mol. The van der Waals surface area contributed by atoms with Gasteiger partial charge in [-0.25, -0.2) is 0 Å². The first-order valence-corrected chi connectivity index (χ1v) is 10.3. The SMILES string of the molecule is COc1c(Nc2cc(NC(=O)C3CC3)nnc2C(=O)NC(O)(O)O)cccc1-c1noc(CN)n1. The molecule has 0 spiro atoms. The fourth-order valence-electron chi connectivity index (χ4n) is 3.12. The molecular formula is C20H22N8O7. The molecule has 0 unspecified atom stereocenters. The summed E-state index contributed by atoms with van der Waals surface area (Å²) in [5.41, 5.74) is 5.87. The van der Waals surface area contributed by atoms with E-state index in [1.807, 2.05) is 0 Å². The molecule has 184 valence electrons. The lowest BCUT2D eigenvalue weighted by Crippen LogP contribution is -2.48. The van der Waals surface area contributed by atoms with Crippen molar-refractivity contribution >= 4 is 29.0 Å². The summed E-state index contributed by atoms with van der Waals surface area (Å²) in [6.07, 6.45) is -1.96. The number of aliphatic hydroxyl groups is 3. The molecule has 8 N–H and O–H groups in total. The molecule has 1 saturated carbocycles. The molecule has 0 aliphatic heterocycles. The largest absolute Gasteiger partial charge is 0.494 e. The third-order valence-corrected chi connectivity index (χ3v) is 4.86. The monoisotopic (exact) mass is 486 g/mol. The fraction of sp³-hybridized carbons (Fsp3) is 0.300. The van der Waals surface area contributed by atoms with Gasteiger partial charge < -0.3 is 40.9 Å². The van der Waals surface area contributed by atoms with Gasteiger partial charge in [-0.1, -0.05) is 11.2 Å². The molecule has 15 heteroatoms. The van der Waals surface area contributed by atoms with Crippen LogP contribution in [0.15, 0.2) is 28.8 Å². The van der Waals surface area contributed by atoms with E-state index in [1.54, 1.807) is 23.5 Å². The van der Waals surface area contributed by atoms with E-state index in [4.69, 9.17) is 30.3 Å². The number of rotatable bonds is 9. The van der Waals surface area contributed by atoms with Gasteiger partial charge in [-0.2, -0.15) is 4.98 Å². The van der Waals surface area contributed by atoms with Crippen molar-refractivity contribution in [1.82, 2.24) is 25.7 Å². The molecule has 15 nitrogen and oxygen atoms in total. The number of amides is 2. The van der Waals surface area contributed by atoms with Crippen LogP contribution in [0.25, 0.3) is 11.4 Å². The van der Waals surface area contributed by atoms with E-state index >= 15 is 0 Å². The van der Waals surface area contributed by atoms with Gasteiger partial charge in [0.1, 0.15) is 0 Å². The highest BCUT2D eigenvalue weighted by Crippen LogP contribution is 2.37. The zero-order valence-corrected chi connectivity index (χ0v) is 18.3. The normalized spacial score (nSPS) is 13.3. The lowest BCUT2D eigenvalue weighted by Gasteiger charge is -2.18. The van der Waals surface area contributed by atoms with Crippen LogP contribution in [0.5, 0.6) is 5.75 Å². The number of hydrogen-bond acceptors (Lipinski definition) is 13. The Morgan fingerprint density at radius 3 is 2.63 bits per heavy atom. The van der Waals surface area contributed by atoms with E-state index < -0.39 is 17.7 Å². The molecule has 35 heavy (non-hydrogen) atoms. The molecule has 2 heterocycles. The van der Waals surface area contributed by atoms with Gasteiger partial charge in [0.15, 0.2) is 17.3 Å². The molecule has 3 aromatic rings. The van der Waals surface area contributed by atoms with E-state index in [9.17, 15) is 9.59 Å². The maximum atomic E-state index is 12.5. The van der Waals surface area contributed by atoms with Crippen molar-refractivity contribution in [2.24, 2.45) is 11.7 Å². The number of nitrogens with two attached hydrogens (primary N) is 1. The second-order valence-electron chi connectivity index (χ2n) is 7.57. The minimum absolute atomic E-state index is 0.000874. The summed E-state index contributed by atoms with van der Waals surface area (Å²) in [7, 11) is 1.41. The molecule has 2 aromatic heterocycles. The van der Waals surface area contributed by atoms with Gasteiger partial charge in [0.25, 0.3) is 5.91 Å². The van der Waals surface area contributed by atoms with Crippen LogP contribution in [-0.4, -0.2) is 60.7 Å². The summed E-state index contributed by atoms with van der Waals surface area (Å²) in [6, 6.07) is 6.27. The number of para-hydroxylation sites is 1. The van der Waals surface area contributed by atoms with E-state index in [-0.39, 0.29) is 47.3 Å². The third-order valence-electron chi connectivity index (χ3n) is 4.86. The Balaban J connectivity index is 1.72. The van der Waals surface area contributed by atoms with E-state index in [0.717, 1.165) is 12.8 Å². The number of benzene rings is 1. The van der Waals surface area contributed by atoms with Crippen LogP contribution in [0.1, 0.15) is 29.2 Å². The third kappa shape index (κ3) is 5.67. The van der Waals surface area contributed by atoms with Crippen LogP contribution in [-0.2, 0) is 11.3 Å². The van der Waals surface area contributed by atoms with Crippen molar-refractivity contribution in [3.63, 3.8) is 0 Å². The number of aromatic nitrogens is 4. The molecule has 0 radical (unpaired) electrons. The van der Waals surface area contributed by atoms with Gasteiger partial charge in [-0.15, -0.1) is 10.2 Å². The Bertz CT molecular complexity index is 1250. The zero-order chi connectivity index (χ0) is 25.2. The van der Waals surface area contributed by atoms with Gasteiger partial charge in [-0.05, 0) is 25.0 Å². The molecule has 1 aliphatic rings. The van der Waals surface area contributed by atoms with Gasteiger partial charge in [0.2, 0.25) is 17.6 Å². The summed E-state index contributed by atoms with van der Waals surface area (Å²) in [5, 5.41) is 46.0. The number of hydrogen-bond donors (Lipinski definition) is 7. The maximum Gasteiger partial charge on any atom is 0.369 e. The Hall–Kier alpha value is -4.18. The second kappa shape index (κ2) is 9.59. The van der Waals surface area contributed by atoms with Crippen molar-refractivity contribution in [2.75, 3.05) is 17.7 Å². The highest BCUT2D eigenvalue weighted by molar-refractivity contribution is 6.00. The highest BCUT2D eigenvalue weighted by Gasteiger charge is 2.31. The van der Waals surface area contributed by atoms with Crippen molar-refractivity contribution in [1.29, 1.82) is 0 Å². The van der Waals surface area contributed by atoms with Crippen molar-refractivity contribution < 1.29 is 34.2 Å². The molecule has 1 fully saturated rings. The highest BCUT2D eigenvalue weighted by atomic mass is 16.7. The van der Waals surface area contributed by atoms with Crippen molar-refractivity contribution in [3.05, 3.63) is 35.9 Å². The number of nitrogens with zero attached hydrogens (tertiary/aromatic N) is 4. The predicted octanol–water partition coefficient (Wildman–Crippen LogP) is -0.596. The second-order valence-corrected chi connectivity index (χ2v) is 7.57. The summed E-state index contributed by atoms with van der Waals surface area (Å²) < 4.78 is 10.6. The number of nitrogens with one attached hydrogen (secondary N) is 3. The van der Waals surface area contributed by atoms with Gasteiger partial charge in [0.05, 0.1) is 30.6 Å². The van der Waals surface area contributed by atoms with Crippen LogP contribution >= 0.6 is 0 Å². The quantitative estimate of drug-likeness (QED) is 0.188. The van der Waals surface area contributed by atoms with Gasteiger partial charge in [-0.3, -0.25) is 14.9 Å². The first-order chi connectivity index (χ1) is 16.7. The lowest BCUT2D eigenvalue weighted by atomic mass is 10.1. The van der Waals surface area contributed by atoms with E-state index in [0.29, 0.717) is 11.3 Å². The summed E-state index contributed by atoms with van der Waals surface area (Å²) in [6.45, 7) is 0.0474. The maximum absolute atomic E-state index is 12.5. The summed E-state index contributed by atoms with van der Waals surface area (Å²) in [5.74, 6) is -0.785. The molecule has 0 saturated heterocycles. The average Bonchev–Trinajstić information content (AvgIpc) is 3.55. The smallest absolute Gasteiger partial charge is 0.369 e. The molecule has 1 aliphatic carbocycles. The average molecular weight is 486 g/mol. The number of carbonyl (C=O) groups excluding carboxylic acids is 2. The minimum Gasteiger partial charge on any atom is -0.494 e. The molecular weight excluding hydrogens is 464 g/mol. The number of anilines is 3. The lowest BCUT2D eigenvalue weighted by molar-refractivity contribution is -0.323. The topological polar surface area (TPSA) is 231 Å². The van der Waals surface area contributed by atoms with Crippen LogP contribution in [0.3, 0.4) is 0 Å². The van der Waals surface area contributed by atoms with Gasteiger partial charge in [0, 0.05) is 12.0 Å². The Morgan fingerprint density at radius 2 is 2.00 bits per heavy atom. The molecule has 2 amide bonds. The summed E-state index contributed by atoms with van der Waals surface area (Å²) in [4.78, 5) is 28.8. The zero-order valence-electron chi connectivity index (χ0n) is 18.3. The van der Waals surface area contributed by atoms with Crippen molar-refractivity contribution in [3.8, 4) is 17.1 Å². The first kappa shape index (κ1) is 24.0. The molecule has 0 bridgehead atoms. The number of carbonyl (C=O) groups is 2. The summed E-state index contributed by atoms with van der Waals surface area (Å²) >= 11 is 0. The Morgan fingerprint density at radius 1 is 1.23 bits per heavy atom. The standard InChI is InChI=1S/C20H22N8O7/c1-34-16-10(17-24-14(8-21)35-28-17)3-2-4-11(16)22-12-7-13(23-18(29)9-5-6-9)26-27-15(12)19(30)25-20(31,32)33/h2-4,7,9,31-33H,5-6,8,21H2,1H3,(H,25,30)(H2,22,23,26,29). The first-order valence-electron chi connectivity index (χ1n) is 10.3. The number of ether oxygens (including phenoxy) is 1. The van der Waals surface area contributed by atoms with E-state index in [2.05, 4.69) is 31.0 Å². The van der Waals surface area contributed by atoms with Gasteiger partial charge >= 0.3 is 6.10 Å². The van der Waals surface area contributed by atoms with Crippen LogP contribution in [0.4, 0.5) is 17.2 Å². The van der Waals surface area contributed by atoms with Crippen molar-refractivity contribution in [2.45, 2.75) is 25.5 Å². The molecule has 1 aromatic carbocycles. The molecule has 4 rings (SSSR count). The van der Waals surface area contributed by atoms with Crippen LogP contribution in [0, 0.1) is 5.92 Å². The van der Waals surface area contributed by atoms with Crippen LogP contribution < -0.4 is 26.4 Å². The van der Waals surface area contributed by atoms with Crippen LogP contribution in [0.2, 0.25) is 0 Å².